The van der Waals surface area contributed by atoms with E-state index in [0.29, 0.717) is 6.04 Å². The summed E-state index contributed by atoms with van der Waals surface area (Å²) in [5.41, 5.74) is 0. The molecule has 0 atom stereocenters. The fourth-order valence-corrected chi connectivity index (χ4v) is 2.58. The number of halogens is 1. The van der Waals surface area contributed by atoms with Gasteiger partial charge in [-0.25, -0.2) is 0 Å². The molecule has 2 rings (SSSR count). The van der Waals surface area contributed by atoms with Gasteiger partial charge < -0.3 is 9.64 Å². The van der Waals surface area contributed by atoms with E-state index in [1.54, 1.807) is 0 Å². The zero-order chi connectivity index (χ0) is 15.7. The van der Waals surface area contributed by atoms with Crippen molar-refractivity contribution in [3.05, 3.63) is 29.3 Å². The molecule has 0 unspecified atom stereocenters. The predicted molar refractivity (Wildman–Crippen MR) is 91.4 cm³/mol. The molecule has 0 bridgehead atoms. The third kappa shape index (κ3) is 6.68. The number of hydrogen-bond acceptors (Lipinski definition) is 3. The van der Waals surface area contributed by atoms with E-state index in [1.165, 1.54) is 25.9 Å². The highest BCUT2D eigenvalue weighted by Crippen LogP contribution is 2.16. The molecule has 1 aliphatic rings. The van der Waals surface area contributed by atoms with Gasteiger partial charge in [0.05, 0.1) is 0 Å². The molecule has 1 fully saturated rings. The average molecular weight is 313 g/mol. The number of hydrogen-bond donors (Lipinski definition) is 0. The van der Waals surface area contributed by atoms with Crippen molar-refractivity contribution in [3.8, 4) is 5.75 Å². The van der Waals surface area contributed by atoms with Crippen LogP contribution >= 0.6 is 11.6 Å². The molecule has 1 aliphatic heterocycles. The predicted octanol–water partition coefficient (Wildman–Crippen LogP) is 3.77. The Kier molecular flexibility index (Phi) is 8.74. The van der Waals surface area contributed by atoms with Crippen LogP contribution in [0.5, 0.6) is 5.75 Å². The number of likely N-dealkylation sites (tertiary alicyclic amines) is 1. The number of likely N-dealkylation sites (N-methyl/N-ethyl adjacent to an activating group) is 1. The minimum Gasteiger partial charge on any atom is -0.492 e. The van der Waals surface area contributed by atoms with Crippen molar-refractivity contribution in [1.82, 2.24) is 9.80 Å². The van der Waals surface area contributed by atoms with Crippen molar-refractivity contribution in [2.45, 2.75) is 32.7 Å². The van der Waals surface area contributed by atoms with Gasteiger partial charge >= 0.3 is 0 Å². The summed E-state index contributed by atoms with van der Waals surface area (Å²) in [5.74, 6) is 0.890. The van der Waals surface area contributed by atoms with Gasteiger partial charge in [0.15, 0.2) is 0 Å². The van der Waals surface area contributed by atoms with Crippen LogP contribution in [0.25, 0.3) is 0 Å². The Hall–Kier alpha value is -0.770. The highest BCUT2D eigenvalue weighted by Gasteiger charge is 2.20. The van der Waals surface area contributed by atoms with Crippen molar-refractivity contribution >= 4 is 11.6 Å². The van der Waals surface area contributed by atoms with Crippen LogP contribution in [0.15, 0.2) is 24.3 Å². The van der Waals surface area contributed by atoms with Crippen LogP contribution in [0.2, 0.25) is 5.02 Å². The maximum absolute atomic E-state index is 5.84. The molecular formula is C17H29ClN2O. The first-order chi connectivity index (χ1) is 10.1. The Labute approximate surface area is 134 Å². The summed E-state index contributed by atoms with van der Waals surface area (Å²) in [6, 6.07) is 8.25. The van der Waals surface area contributed by atoms with Crippen LogP contribution in [0.4, 0.5) is 0 Å². The lowest BCUT2D eigenvalue weighted by Gasteiger charge is -2.35. The van der Waals surface area contributed by atoms with E-state index in [0.717, 1.165) is 23.9 Å². The number of nitrogens with zero attached hydrogens (tertiary/aromatic N) is 2. The summed E-state index contributed by atoms with van der Waals surface area (Å²) in [5, 5.41) is 0.746. The molecule has 0 spiro atoms. The normalized spacial score (nSPS) is 16.5. The molecule has 1 aromatic carbocycles. The highest BCUT2D eigenvalue weighted by molar-refractivity contribution is 6.30. The second-order valence-corrected chi connectivity index (χ2v) is 5.75. The van der Waals surface area contributed by atoms with Crippen molar-refractivity contribution in [2.24, 2.45) is 0 Å². The first-order valence-electron chi connectivity index (χ1n) is 7.92. The quantitative estimate of drug-likeness (QED) is 0.823. The van der Waals surface area contributed by atoms with E-state index in [1.807, 2.05) is 38.1 Å². The van der Waals surface area contributed by atoms with Gasteiger partial charge in [-0.3, -0.25) is 4.90 Å². The van der Waals surface area contributed by atoms with Crippen LogP contribution in [0.1, 0.15) is 26.7 Å². The number of benzene rings is 1. The Bertz CT molecular complexity index is 375. The summed E-state index contributed by atoms with van der Waals surface area (Å²) < 4.78 is 5.73. The summed E-state index contributed by atoms with van der Waals surface area (Å²) in [4.78, 5) is 4.82. The van der Waals surface area contributed by atoms with E-state index in [9.17, 15) is 0 Å². The lowest BCUT2D eigenvalue weighted by Crippen LogP contribution is -2.43. The maximum Gasteiger partial charge on any atom is 0.119 e. The summed E-state index contributed by atoms with van der Waals surface area (Å²) in [7, 11) is 4.39. The molecule has 0 aromatic heterocycles. The van der Waals surface area contributed by atoms with E-state index < -0.39 is 0 Å². The first-order valence-corrected chi connectivity index (χ1v) is 8.30. The molecule has 3 nitrogen and oxygen atoms in total. The van der Waals surface area contributed by atoms with E-state index >= 15 is 0 Å². The van der Waals surface area contributed by atoms with Crippen LogP contribution in [-0.2, 0) is 0 Å². The monoisotopic (exact) mass is 312 g/mol. The van der Waals surface area contributed by atoms with Gasteiger partial charge in [-0.1, -0.05) is 25.4 Å². The molecule has 4 heteroatoms. The lowest BCUT2D eigenvalue weighted by molar-refractivity contribution is 0.127. The minimum atomic E-state index is 0.699. The third-order valence-electron chi connectivity index (χ3n) is 3.84. The second kappa shape index (κ2) is 10.0. The first kappa shape index (κ1) is 18.3. The molecule has 1 aromatic rings. The number of ether oxygens (including phenoxy) is 1. The minimum absolute atomic E-state index is 0.699. The fourth-order valence-electron chi connectivity index (χ4n) is 2.46. The van der Waals surface area contributed by atoms with Crippen LogP contribution in [-0.4, -0.2) is 56.2 Å². The maximum atomic E-state index is 5.84. The van der Waals surface area contributed by atoms with Crippen LogP contribution < -0.4 is 4.74 Å². The molecule has 21 heavy (non-hydrogen) atoms. The Morgan fingerprint density at radius 3 is 2.33 bits per heavy atom. The zero-order valence-electron chi connectivity index (χ0n) is 13.8. The highest BCUT2D eigenvalue weighted by atomic mass is 35.5. The second-order valence-electron chi connectivity index (χ2n) is 5.32. The number of piperidine rings is 1. The van der Waals surface area contributed by atoms with Gasteiger partial charge in [0.1, 0.15) is 12.4 Å². The van der Waals surface area contributed by atoms with E-state index in [4.69, 9.17) is 16.3 Å². The molecule has 0 N–H and O–H groups in total. The van der Waals surface area contributed by atoms with Crippen molar-refractivity contribution in [1.29, 1.82) is 0 Å². The standard InChI is InChI=1S/C15H23ClN2O.C2H6/c1-17-9-7-14(8-10-17)18(2)11-12-19-15-5-3-13(16)4-6-15;1-2/h3-6,14H,7-12H2,1-2H3;1-2H3. The van der Waals surface area contributed by atoms with Gasteiger partial charge in [0, 0.05) is 17.6 Å². The SMILES string of the molecule is CC.CN1CCC(N(C)CCOc2ccc(Cl)cc2)CC1. The molecule has 1 saturated heterocycles. The molecule has 0 amide bonds. The van der Waals surface area contributed by atoms with Gasteiger partial charge in [-0.2, -0.15) is 0 Å². The topological polar surface area (TPSA) is 15.7 Å². The molecule has 0 aliphatic carbocycles. The Morgan fingerprint density at radius 1 is 1.19 bits per heavy atom. The van der Waals surface area contributed by atoms with Gasteiger partial charge in [0.25, 0.3) is 0 Å². The summed E-state index contributed by atoms with van der Waals surface area (Å²) in [6.45, 7) is 8.10. The van der Waals surface area contributed by atoms with Gasteiger partial charge in [-0.15, -0.1) is 0 Å². The summed E-state index contributed by atoms with van der Waals surface area (Å²) in [6.07, 6.45) is 2.52. The smallest absolute Gasteiger partial charge is 0.119 e. The lowest BCUT2D eigenvalue weighted by atomic mass is 10.0. The van der Waals surface area contributed by atoms with Gasteiger partial charge in [0.2, 0.25) is 0 Å². The molecule has 0 radical (unpaired) electrons. The molecule has 120 valence electrons. The Balaban J connectivity index is 0.00000106. The van der Waals surface area contributed by atoms with E-state index in [2.05, 4.69) is 23.9 Å². The average Bonchev–Trinajstić information content (AvgIpc) is 2.52. The zero-order valence-corrected chi connectivity index (χ0v) is 14.6. The van der Waals surface area contributed by atoms with Gasteiger partial charge in [-0.05, 0) is 64.3 Å². The van der Waals surface area contributed by atoms with Crippen molar-refractivity contribution in [3.63, 3.8) is 0 Å². The molecule has 0 saturated carbocycles. The Morgan fingerprint density at radius 2 is 1.76 bits per heavy atom. The molecular weight excluding hydrogens is 284 g/mol. The van der Waals surface area contributed by atoms with Crippen LogP contribution in [0.3, 0.4) is 0 Å². The van der Waals surface area contributed by atoms with Crippen molar-refractivity contribution in [2.75, 3.05) is 40.3 Å². The third-order valence-corrected chi connectivity index (χ3v) is 4.09. The number of rotatable bonds is 5. The van der Waals surface area contributed by atoms with E-state index in [-0.39, 0.29) is 0 Å². The van der Waals surface area contributed by atoms with Crippen LogP contribution in [0, 0.1) is 0 Å². The largest absolute Gasteiger partial charge is 0.492 e. The van der Waals surface area contributed by atoms with Crippen molar-refractivity contribution < 1.29 is 4.74 Å². The molecule has 1 heterocycles. The summed E-state index contributed by atoms with van der Waals surface area (Å²) >= 11 is 5.84. The fraction of sp³-hybridized carbons (Fsp3) is 0.647.